The Balaban J connectivity index is 1.72. The Morgan fingerprint density at radius 1 is 0.893 bits per heavy atom. The number of benzene rings is 2. The van der Waals surface area contributed by atoms with Crippen molar-refractivity contribution in [2.24, 2.45) is 0 Å². The molecule has 1 heterocycles. The van der Waals surface area contributed by atoms with E-state index >= 15 is 0 Å². The zero-order chi connectivity index (χ0) is 19.3. The highest BCUT2D eigenvalue weighted by molar-refractivity contribution is 7.99. The molecule has 0 saturated heterocycles. The van der Waals surface area contributed by atoms with Crippen LogP contribution in [0.1, 0.15) is 26.2 Å². The number of hydrogen-bond donors (Lipinski definition) is 0. The zero-order valence-electron chi connectivity index (χ0n) is 16.1. The molecule has 3 aromatic rings. The van der Waals surface area contributed by atoms with Gasteiger partial charge in [0.15, 0.2) is 0 Å². The summed E-state index contributed by atoms with van der Waals surface area (Å²) in [6.45, 7) is 2.62. The SMILES string of the molecule is CCOc1ccc(-c2nnc(SC3CCC3)nc2-c2ccc(OC)cc2)cc1. The van der Waals surface area contributed by atoms with E-state index in [1.54, 1.807) is 18.9 Å². The second-order valence-electron chi connectivity index (χ2n) is 6.65. The van der Waals surface area contributed by atoms with Crippen molar-refractivity contribution in [1.29, 1.82) is 0 Å². The number of aromatic nitrogens is 3. The average molecular weight is 394 g/mol. The van der Waals surface area contributed by atoms with Crippen molar-refractivity contribution in [3.63, 3.8) is 0 Å². The molecule has 1 aliphatic carbocycles. The van der Waals surface area contributed by atoms with Gasteiger partial charge in [-0.05, 0) is 68.3 Å². The third-order valence-electron chi connectivity index (χ3n) is 4.79. The van der Waals surface area contributed by atoms with E-state index in [0.717, 1.165) is 39.2 Å². The number of methoxy groups -OCH3 is 1. The van der Waals surface area contributed by atoms with Gasteiger partial charge < -0.3 is 9.47 Å². The van der Waals surface area contributed by atoms with Gasteiger partial charge in [-0.25, -0.2) is 4.98 Å². The first-order valence-corrected chi connectivity index (χ1v) is 10.4. The lowest BCUT2D eigenvalue weighted by atomic mass is 10.0. The molecule has 0 unspecified atom stereocenters. The predicted octanol–water partition coefficient (Wildman–Crippen LogP) is 5.26. The Morgan fingerprint density at radius 2 is 1.54 bits per heavy atom. The highest BCUT2D eigenvalue weighted by atomic mass is 32.2. The molecule has 2 aromatic carbocycles. The van der Waals surface area contributed by atoms with Crippen LogP contribution in [-0.4, -0.2) is 34.1 Å². The van der Waals surface area contributed by atoms with E-state index in [0.29, 0.717) is 11.9 Å². The molecule has 0 spiro atoms. The maximum atomic E-state index is 5.55. The second-order valence-corrected chi connectivity index (χ2v) is 7.92. The predicted molar refractivity (Wildman–Crippen MR) is 112 cm³/mol. The Morgan fingerprint density at radius 3 is 2.11 bits per heavy atom. The lowest BCUT2D eigenvalue weighted by Crippen LogP contribution is -2.14. The molecule has 4 rings (SSSR count). The summed E-state index contributed by atoms with van der Waals surface area (Å²) in [5.41, 5.74) is 3.57. The van der Waals surface area contributed by atoms with Crippen LogP contribution < -0.4 is 9.47 Å². The molecule has 0 atom stereocenters. The van der Waals surface area contributed by atoms with Gasteiger partial charge in [-0.2, -0.15) is 0 Å². The highest BCUT2D eigenvalue weighted by Crippen LogP contribution is 2.37. The summed E-state index contributed by atoms with van der Waals surface area (Å²) in [4.78, 5) is 4.87. The minimum absolute atomic E-state index is 0.613. The van der Waals surface area contributed by atoms with Crippen molar-refractivity contribution >= 4 is 11.8 Å². The van der Waals surface area contributed by atoms with E-state index in [-0.39, 0.29) is 0 Å². The number of thioether (sulfide) groups is 1. The third-order valence-corrected chi connectivity index (χ3v) is 5.98. The summed E-state index contributed by atoms with van der Waals surface area (Å²) in [6.07, 6.45) is 3.75. The van der Waals surface area contributed by atoms with Crippen LogP contribution in [0.25, 0.3) is 22.5 Å². The summed E-state index contributed by atoms with van der Waals surface area (Å²) in [5, 5.41) is 10.3. The fourth-order valence-corrected chi connectivity index (χ4v) is 4.12. The minimum atomic E-state index is 0.613. The van der Waals surface area contributed by atoms with Crippen LogP contribution in [0.2, 0.25) is 0 Å². The Labute approximate surface area is 169 Å². The summed E-state index contributed by atoms with van der Waals surface area (Å²) in [6, 6.07) is 15.8. The lowest BCUT2D eigenvalue weighted by Gasteiger charge is -2.23. The van der Waals surface area contributed by atoms with Crippen LogP contribution in [0.3, 0.4) is 0 Å². The number of ether oxygens (including phenoxy) is 2. The van der Waals surface area contributed by atoms with Crippen molar-refractivity contribution in [2.75, 3.05) is 13.7 Å². The molecule has 0 aliphatic heterocycles. The Bertz CT molecular complexity index is 926. The van der Waals surface area contributed by atoms with Gasteiger partial charge in [0, 0.05) is 16.4 Å². The average Bonchev–Trinajstić information content (AvgIpc) is 2.72. The largest absolute Gasteiger partial charge is 0.497 e. The molecule has 0 N–H and O–H groups in total. The van der Waals surface area contributed by atoms with Crippen LogP contribution in [0.5, 0.6) is 11.5 Å². The van der Waals surface area contributed by atoms with Crippen LogP contribution in [0.15, 0.2) is 53.7 Å². The quantitative estimate of drug-likeness (QED) is 0.546. The molecule has 144 valence electrons. The maximum Gasteiger partial charge on any atom is 0.209 e. The van der Waals surface area contributed by atoms with Gasteiger partial charge in [-0.3, -0.25) is 0 Å². The van der Waals surface area contributed by atoms with Gasteiger partial charge in [0.25, 0.3) is 0 Å². The number of rotatable bonds is 7. The van der Waals surface area contributed by atoms with Crippen molar-refractivity contribution in [3.05, 3.63) is 48.5 Å². The molecule has 0 radical (unpaired) electrons. The highest BCUT2D eigenvalue weighted by Gasteiger charge is 2.22. The molecule has 0 amide bonds. The number of hydrogen-bond acceptors (Lipinski definition) is 6. The zero-order valence-corrected chi connectivity index (χ0v) is 16.9. The fourth-order valence-electron chi connectivity index (χ4n) is 3.02. The lowest BCUT2D eigenvalue weighted by molar-refractivity contribution is 0.340. The molecule has 0 bridgehead atoms. The standard InChI is InChI=1S/C22H23N3O2S/c1-3-27-18-13-9-16(10-14-18)21-20(15-7-11-17(26-2)12-8-15)23-22(25-24-21)28-19-5-4-6-19/h7-14,19H,3-6H2,1-2H3. The summed E-state index contributed by atoms with van der Waals surface area (Å²) in [5.74, 6) is 1.66. The first-order chi connectivity index (χ1) is 13.8. The third kappa shape index (κ3) is 4.12. The molecule has 6 heteroatoms. The van der Waals surface area contributed by atoms with Crippen LogP contribution in [0.4, 0.5) is 0 Å². The number of nitrogens with zero attached hydrogens (tertiary/aromatic N) is 3. The van der Waals surface area contributed by atoms with Gasteiger partial charge in [-0.15, -0.1) is 10.2 Å². The van der Waals surface area contributed by atoms with Gasteiger partial charge in [0.05, 0.1) is 13.7 Å². The smallest absolute Gasteiger partial charge is 0.209 e. The fraction of sp³-hybridized carbons (Fsp3) is 0.318. The molecular formula is C22H23N3O2S. The summed E-state index contributed by atoms with van der Waals surface area (Å²) in [7, 11) is 1.67. The molecule has 1 fully saturated rings. The normalized spacial score (nSPS) is 13.8. The molecule has 1 aromatic heterocycles. The van der Waals surface area contributed by atoms with Crippen LogP contribution >= 0.6 is 11.8 Å². The molecular weight excluding hydrogens is 370 g/mol. The van der Waals surface area contributed by atoms with Crippen molar-refractivity contribution in [2.45, 2.75) is 36.6 Å². The van der Waals surface area contributed by atoms with E-state index < -0.39 is 0 Å². The molecule has 1 aliphatic rings. The van der Waals surface area contributed by atoms with Crippen LogP contribution in [0, 0.1) is 0 Å². The van der Waals surface area contributed by atoms with E-state index in [2.05, 4.69) is 10.2 Å². The van der Waals surface area contributed by atoms with Gasteiger partial charge in [0.2, 0.25) is 5.16 Å². The maximum absolute atomic E-state index is 5.55. The van der Waals surface area contributed by atoms with Crippen molar-refractivity contribution < 1.29 is 9.47 Å². The van der Waals surface area contributed by atoms with E-state index in [4.69, 9.17) is 14.5 Å². The van der Waals surface area contributed by atoms with Gasteiger partial charge in [0.1, 0.15) is 22.9 Å². The van der Waals surface area contributed by atoms with Crippen LogP contribution in [-0.2, 0) is 0 Å². The van der Waals surface area contributed by atoms with E-state index in [1.165, 1.54) is 19.3 Å². The van der Waals surface area contributed by atoms with Crippen molar-refractivity contribution in [3.8, 4) is 34.0 Å². The molecule has 28 heavy (non-hydrogen) atoms. The van der Waals surface area contributed by atoms with Crippen molar-refractivity contribution in [1.82, 2.24) is 15.2 Å². The Hall–Kier alpha value is -2.60. The minimum Gasteiger partial charge on any atom is -0.497 e. The summed E-state index contributed by atoms with van der Waals surface area (Å²) >= 11 is 1.73. The second kappa shape index (κ2) is 8.61. The van der Waals surface area contributed by atoms with Gasteiger partial charge >= 0.3 is 0 Å². The van der Waals surface area contributed by atoms with E-state index in [1.807, 2.05) is 55.5 Å². The van der Waals surface area contributed by atoms with Gasteiger partial charge in [-0.1, -0.05) is 18.2 Å². The molecule has 5 nitrogen and oxygen atoms in total. The Kier molecular flexibility index (Phi) is 5.76. The van der Waals surface area contributed by atoms with E-state index in [9.17, 15) is 0 Å². The first-order valence-electron chi connectivity index (χ1n) is 9.56. The molecule has 1 saturated carbocycles. The first kappa shape index (κ1) is 18.7. The summed E-state index contributed by atoms with van der Waals surface area (Å²) < 4.78 is 10.8. The monoisotopic (exact) mass is 393 g/mol. The topological polar surface area (TPSA) is 57.1 Å².